The maximum absolute atomic E-state index is 13.7. The number of aromatic nitrogens is 1. The molecule has 3 aromatic rings. The molecule has 2 aromatic carbocycles. The maximum Gasteiger partial charge on any atom is 0.339 e. The number of ether oxygens (including phenoxy) is 1. The van der Waals surface area contributed by atoms with Gasteiger partial charge in [0.2, 0.25) is 5.91 Å². The lowest BCUT2D eigenvalue weighted by Crippen LogP contribution is -2.33. The molecule has 2 heterocycles. The van der Waals surface area contributed by atoms with E-state index in [4.69, 9.17) is 4.74 Å². The maximum atomic E-state index is 13.7. The lowest BCUT2D eigenvalue weighted by molar-refractivity contribution is -0.121. The number of nitrogens with one attached hydrogen (secondary N) is 1. The van der Waals surface area contributed by atoms with E-state index in [2.05, 4.69) is 11.4 Å². The molecule has 0 saturated heterocycles. The number of pyridine rings is 1. The van der Waals surface area contributed by atoms with Crippen LogP contribution in [-0.2, 0) is 16.1 Å². The molecule has 1 amide bonds. The molecule has 1 aliphatic heterocycles. The van der Waals surface area contributed by atoms with Crippen molar-refractivity contribution >= 4 is 28.4 Å². The molecule has 6 nitrogen and oxygen atoms in total. The standard InChI is InChI=1S/C26H23FN2O4/c27-19-8-5-17-7-10-25(31)29(22(17)14-19)15-24(30)28-12-11-23-20-9-6-18(16-3-1-2-4-16)13-21(20)26(32)33-23/h3,5-10,13-14,23H,1-2,4,11-12,15H2,(H,28,30). The normalized spacial score (nSPS) is 17.1. The first-order chi connectivity index (χ1) is 16.0. The van der Waals surface area contributed by atoms with Crippen molar-refractivity contribution in [1.29, 1.82) is 0 Å². The Morgan fingerprint density at radius 1 is 1.12 bits per heavy atom. The van der Waals surface area contributed by atoms with Crippen molar-refractivity contribution in [2.24, 2.45) is 0 Å². The van der Waals surface area contributed by atoms with Crippen LogP contribution in [0, 0.1) is 5.82 Å². The molecule has 1 atom stereocenters. The Hall–Kier alpha value is -3.74. The van der Waals surface area contributed by atoms with Crippen LogP contribution in [0.3, 0.4) is 0 Å². The van der Waals surface area contributed by atoms with Crippen LogP contribution in [0.1, 0.15) is 53.3 Å². The van der Waals surface area contributed by atoms with Gasteiger partial charge >= 0.3 is 5.97 Å². The van der Waals surface area contributed by atoms with Crippen molar-refractivity contribution in [3.05, 3.63) is 87.5 Å². The molecule has 1 aromatic heterocycles. The number of cyclic esters (lactones) is 1. The van der Waals surface area contributed by atoms with Gasteiger partial charge in [0.1, 0.15) is 18.5 Å². The van der Waals surface area contributed by atoms with Gasteiger partial charge in [-0.15, -0.1) is 0 Å². The average molecular weight is 446 g/mol. The summed E-state index contributed by atoms with van der Waals surface area (Å²) in [6, 6.07) is 12.9. The summed E-state index contributed by atoms with van der Waals surface area (Å²) < 4.78 is 20.4. The van der Waals surface area contributed by atoms with E-state index in [0.29, 0.717) is 22.9 Å². The van der Waals surface area contributed by atoms with Crippen molar-refractivity contribution in [3.63, 3.8) is 0 Å². The van der Waals surface area contributed by atoms with E-state index in [1.807, 2.05) is 18.2 Å². The molecule has 1 unspecified atom stereocenters. The van der Waals surface area contributed by atoms with Crippen molar-refractivity contribution in [2.75, 3.05) is 6.54 Å². The molecule has 7 heteroatoms. The molecular weight excluding hydrogens is 423 g/mol. The van der Waals surface area contributed by atoms with Crippen LogP contribution in [-0.4, -0.2) is 23.0 Å². The zero-order valence-corrected chi connectivity index (χ0v) is 18.0. The molecule has 0 fully saturated rings. The van der Waals surface area contributed by atoms with E-state index < -0.39 is 11.9 Å². The number of hydrogen-bond donors (Lipinski definition) is 1. The number of amides is 1. The zero-order chi connectivity index (χ0) is 22.9. The lowest BCUT2D eigenvalue weighted by atomic mass is 9.97. The minimum Gasteiger partial charge on any atom is -0.454 e. The van der Waals surface area contributed by atoms with Crippen LogP contribution in [0.5, 0.6) is 0 Å². The molecule has 2 aliphatic rings. The molecule has 0 saturated carbocycles. The van der Waals surface area contributed by atoms with Crippen molar-refractivity contribution in [3.8, 4) is 0 Å². The third-order valence-electron chi connectivity index (χ3n) is 6.27. The summed E-state index contributed by atoms with van der Waals surface area (Å²) in [6.45, 7) is 0.0517. The fourth-order valence-corrected chi connectivity index (χ4v) is 4.58. The van der Waals surface area contributed by atoms with Gasteiger partial charge in [-0.2, -0.15) is 0 Å². The Labute approximate surface area is 189 Å². The predicted molar refractivity (Wildman–Crippen MR) is 122 cm³/mol. The first-order valence-corrected chi connectivity index (χ1v) is 11.1. The van der Waals surface area contributed by atoms with E-state index in [-0.39, 0.29) is 30.5 Å². The predicted octanol–water partition coefficient (Wildman–Crippen LogP) is 4.13. The minimum absolute atomic E-state index is 0.223. The number of rotatable bonds is 6. The molecule has 0 bridgehead atoms. The monoisotopic (exact) mass is 446 g/mol. The van der Waals surface area contributed by atoms with Gasteiger partial charge in [0.25, 0.3) is 5.56 Å². The molecule has 1 aliphatic carbocycles. The van der Waals surface area contributed by atoms with Gasteiger partial charge in [0.05, 0.1) is 11.1 Å². The second-order valence-corrected chi connectivity index (χ2v) is 8.42. The van der Waals surface area contributed by atoms with Crippen LogP contribution in [0.25, 0.3) is 16.5 Å². The largest absolute Gasteiger partial charge is 0.454 e. The van der Waals surface area contributed by atoms with Gasteiger partial charge < -0.3 is 10.1 Å². The first-order valence-electron chi connectivity index (χ1n) is 11.1. The summed E-state index contributed by atoms with van der Waals surface area (Å²) >= 11 is 0. The number of esters is 1. The highest BCUT2D eigenvalue weighted by molar-refractivity contribution is 5.95. The minimum atomic E-state index is -0.476. The molecule has 1 N–H and O–H groups in total. The third-order valence-corrected chi connectivity index (χ3v) is 6.27. The zero-order valence-electron chi connectivity index (χ0n) is 18.0. The molecule has 33 heavy (non-hydrogen) atoms. The number of benzene rings is 2. The molecule has 0 spiro atoms. The summed E-state index contributed by atoms with van der Waals surface area (Å²) in [6.07, 6.45) is 5.44. The number of carbonyl (C=O) groups excluding carboxylic acids is 2. The molecule has 168 valence electrons. The quantitative estimate of drug-likeness (QED) is 0.578. The van der Waals surface area contributed by atoms with Crippen molar-refractivity contribution in [1.82, 2.24) is 9.88 Å². The summed E-state index contributed by atoms with van der Waals surface area (Å²) in [5.41, 5.74) is 3.73. The number of halogens is 1. The van der Waals surface area contributed by atoms with Crippen LogP contribution in [0.4, 0.5) is 4.39 Å². The summed E-state index contributed by atoms with van der Waals surface area (Å²) in [7, 11) is 0. The van der Waals surface area contributed by atoms with Crippen molar-refractivity contribution in [2.45, 2.75) is 38.3 Å². The Balaban J connectivity index is 1.23. The van der Waals surface area contributed by atoms with Crippen LogP contribution in [0.2, 0.25) is 0 Å². The highest BCUT2D eigenvalue weighted by Gasteiger charge is 2.31. The summed E-state index contributed by atoms with van der Waals surface area (Å²) in [4.78, 5) is 37.1. The SMILES string of the molecule is O=C(Cn1c(=O)ccc2ccc(F)cc21)NCCC1OC(=O)c2cc(C3=CCCC3)ccc21. The number of allylic oxidation sites excluding steroid dienone is 2. The van der Waals surface area contributed by atoms with Gasteiger partial charge in [-0.25, -0.2) is 9.18 Å². The van der Waals surface area contributed by atoms with Crippen molar-refractivity contribution < 1.29 is 18.7 Å². The Morgan fingerprint density at radius 3 is 2.79 bits per heavy atom. The number of fused-ring (bicyclic) bond motifs is 2. The topological polar surface area (TPSA) is 77.4 Å². The van der Waals surface area contributed by atoms with Gasteiger partial charge in [0.15, 0.2) is 0 Å². The van der Waals surface area contributed by atoms with Gasteiger partial charge in [-0.1, -0.05) is 18.2 Å². The second kappa shape index (κ2) is 8.65. The second-order valence-electron chi connectivity index (χ2n) is 8.42. The fraction of sp³-hybridized carbons (Fsp3) is 0.269. The molecule has 5 rings (SSSR count). The Bertz CT molecular complexity index is 1360. The number of hydrogen-bond acceptors (Lipinski definition) is 4. The Kier molecular flexibility index (Phi) is 5.54. The van der Waals surface area contributed by atoms with Gasteiger partial charge in [-0.3, -0.25) is 14.2 Å². The highest BCUT2D eigenvalue weighted by Crippen LogP contribution is 2.36. The number of nitrogens with zero attached hydrogens (tertiary/aromatic N) is 1. The van der Waals surface area contributed by atoms with E-state index in [0.717, 1.165) is 30.4 Å². The van der Waals surface area contributed by atoms with Crippen LogP contribution >= 0.6 is 0 Å². The third kappa shape index (κ3) is 4.18. The van der Waals surface area contributed by atoms with E-state index in [1.54, 1.807) is 12.1 Å². The van der Waals surface area contributed by atoms with E-state index >= 15 is 0 Å². The van der Waals surface area contributed by atoms with Crippen LogP contribution in [0.15, 0.2) is 59.4 Å². The highest BCUT2D eigenvalue weighted by atomic mass is 19.1. The lowest BCUT2D eigenvalue weighted by Gasteiger charge is -2.13. The summed E-state index contributed by atoms with van der Waals surface area (Å²) in [5.74, 6) is -1.19. The van der Waals surface area contributed by atoms with E-state index in [9.17, 15) is 18.8 Å². The molecular formula is C26H23FN2O4. The number of carbonyl (C=O) groups is 2. The van der Waals surface area contributed by atoms with Gasteiger partial charge in [-0.05, 0) is 66.1 Å². The van der Waals surface area contributed by atoms with E-state index in [1.165, 1.54) is 28.3 Å². The summed E-state index contributed by atoms with van der Waals surface area (Å²) in [5, 5.41) is 3.45. The smallest absolute Gasteiger partial charge is 0.339 e. The van der Waals surface area contributed by atoms with Crippen LogP contribution < -0.4 is 10.9 Å². The average Bonchev–Trinajstić information content (AvgIpc) is 3.44. The fourth-order valence-electron chi connectivity index (χ4n) is 4.58. The van der Waals surface area contributed by atoms with Gasteiger partial charge in [0, 0.05) is 24.6 Å². The molecule has 0 radical (unpaired) electrons. The first kappa shape index (κ1) is 21.1. The Morgan fingerprint density at radius 2 is 1.97 bits per heavy atom.